The molecule has 3 fully saturated rings. The first-order chi connectivity index (χ1) is 23.7. The summed E-state index contributed by atoms with van der Waals surface area (Å²) in [6.07, 6.45) is 15.2. The SMILES string of the molecule is CC[C@H](C1CCC(C(=O)O)CC1)N(C)c1nc2c(c(N[C@@H](CN3C4CCC[C@@H]3CC4)c3cnn(C)c3C)n1)C[C@H](c1cccc(F)c1)CC2. The number of hydrogen-bond acceptors (Lipinski definition) is 7. The van der Waals surface area contributed by atoms with Crippen LogP contribution in [-0.2, 0) is 24.7 Å². The molecule has 1 aromatic carbocycles. The Morgan fingerprint density at radius 3 is 2.49 bits per heavy atom. The average Bonchev–Trinajstić information content (AvgIpc) is 3.54. The van der Waals surface area contributed by atoms with Gasteiger partial charge in [0.25, 0.3) is 0 Å². The zero-order chi connectivity index (χ0) is 34.2. The summed E-state index contributed by atoms with van der Waals surface area (Å²) in [5.41, 5.74) is 5.61. The van der Waals surface area contributed by atoms with Crippen molar-refractivity contribution in [1.29, 1.82) is 0 Å². The van der Waals surface area contributed by atoms with E-state index in [0.717, 1.165) is 92.2 Å². The van der Waals surface area contributed by atoms with Gasteiger partial charge in [0.15, 0.2) is 0 Å². The number of anilines is 2. The summed E-state index contributed by atoms with van der Waals surface area (Å²) < 4.78 is 16.3. The van der Waals surface area contributed by atoms with E-state index in [1.54, 1.807) is 6.07 Å². The van der Waals surface area contributed by atoms with Crippen molar-refractivity contribution in [1.82, 2.24) is 24.6 Å². The number of rotatable bonds is 11. The largest absolute Gasteiger partial charge is 0.481 e. The molecule has 7 rings (SSSR count). The van der Waals surface area contributed by atoms with E-state index < -0.39 is 5.97 Å². The second-order valence-corrected chi connectivity index (χ2v) is 15.3. The Labute approximate surface area is 290 Å². The Hall–Kier alpha value is -3.53. The van der Waals surface area contributed by atoms with E-state index in [4.69, 9.17) is 9.97 Å². The molecule has 2 N–H and O–H groups in total. The van der Waals surface area contributed by atoms with Gasteiger partial charge in [-0.15, -0.1) is 0 Å². The van der Waals surface area contributed by atoms with E-state index in [1.165, 1.54) is 43.7 Å². The Bertz CT molecular complexity index is 1620. The lowest BCUT2D eigenvalue weighted by atomic mass is 9.77. The number of nitrogens with zero attached hydrogens (tertiary/aromatic N) is 6. The fourth-order valence-electron chi connectivity index (χ4n) is 9.72. The first kappa shape index (κ1) is 33.9. The molecule has 2 aromatic heterocycles. The number of nitrogens with one attached hydrogen (secondary N) is 1. The second kappa shape index (κ2) is 14.4. The van der Waals surface area contributed by atoms with Gasteiger partial charge >= 0.3 is 5.97 Å². The molecule has 2 aliphatic heterocycles. The third kappa shape index (κ3) is 6.94. The maximum absolute atomic E-state index is 14.4. The van der Waals surface area contributed by atoms with Crippen LogP contribution in [0.5, 0.6) is 0 Å². The minimum Gasteiger partial charge on any atom is -0.481 e. The van der Waals surface area contributed by atoms with Crippen LogP contribution in [0, 0.1) is 24.6 Å². The Balaban J connectivity index is 1.24. The zero-order valence-corrected chi connectivity index (χ0v) is 29.7. The van der Waals surface area contributed by atoms with Crippen LogP contribution in [-0.4, -0.2) is 67.4 Å². The van der Waals surface area contributed by atoms with E-state index in [-0.39, 0.29) is 29.7 Å². The molecule has 49 heavy (non-hydrogen) atoms. The maximum atomic E-state index is 14.4. The van der Waals surface area contributed by atoms with Crippen molar-refractivity contribution >= 4 is 17.7 Å². The molecule has 4 aliphatic rings. The number of hydrogen-bond donors (Lipinski definition) is 2. The topological polar surface area (TPSA) is 99.4 Å². The van der Waals surface area contributed by atoms with Crippen LogP contribution < -0.4 is 10.2 Å². The molecule has 1 unspecified atom stereocenters. The molecule has 2 bridgehead atoms. The van der Waals surface area contributed by atoms with Crippen LogP contribution in [0.1, 0.15) is 118 Å². The molecular formula is C39H54FN7O2. The van der Waals surface area contributed by atoms with Crippen LogP contribution in [0.3, 0.4) is 0 Å². The maximum Gasteiger partial charge on any atom is 0.306 e. The van der Waals surface area contributed by atoms with Crippen molar-refractivity contribution in [2.24, 2.45) is 18.9 Å². The smallest absolute Gasteiger partial charge is 0.306 e. The number of carboxylic acid groups (broad SMARTS) is 1. The summed E-state index contributed by atoms with van der Waals surface area (Å²) >= 11 is 0. The normalized spacial score (nSPS) is 26.6. The lowest BCUT2D eigenvalue weighted by molar-refractivity contribution is -0.143. The van der Waals surface area contributed by atoms with Gasteiger partial charge < -0.3 is 15.3 Å². The van der Waals surface area contributed by atoms with Gasteiger partial charge in [0, 0.05) is 55.6 Å². The number of carbonyl (C=O) groups is 1. The number of fused-ring (bicyclic) bond motifs is 3. The van der Waals surface area contributed by atoms with Gasteiger partial charge in [0.2, 0.25) is 5.95 Å². The monoisotopic (exact) mass is 671 g/mol. The number of aromatic nitrogens is 4. The van der Waals surface area contributed by atoms with E-state index >= 15 is 0 Å². The molecule has 5 atom stereocenters. The van der Waals surface area contributed by atoms with Crippen LogP contribution in [0.2, 0.25) is 0 Å². The molecule has 2 saturated heterocycles. The molecule has 264 valence electrons. The van der Waals surface area contributed by atoms with Gasteiger partial charge in [-0.25, -0.2) is 9.37 Å². The minimum atomic E-state index is -0.666. The number of piperidine rings is 1. The second-order valence-electron chi connectivity index (χ2n) is 15.3. The number of halogens is 1. The first-order valence-corrected chi connectivity index (χ1v) is 18.8. The van der Waals surface area contributed by atoms with Crippen LogP contribution in [0.25, 0.3) is 0 Å². The third-order valence-corrected chi connectivity index (χ3v) is 12.7. The van der Waals surface area contributed by atoms with Gasteiger partial charge in [-0.1, -0.05) is 25.5 Å². The number of carboxylic acids is 1. The third-order valence-electron chi connectivity index (χ3n) is 12.7. The molecule has 9 nitrogen and oxygen atoms in total. The molecule has 4 heterocycles. The number of aryl methyl sites for hydroxylation is 2. The molecule has 10 heteroatoms. The fourth-order valence-corrected chi connectivity index (χ4v) is 9.72. The van der Waals surface area contributed by atoms with E-state index in [1.807, 2.05) is 30.1 Å². The Morgan fingerprint density at radius 2 is 1.84 bits per heavy atom. The van der Waals surface area contributed by atoms with Crippen molar-refractivity contribution < 1.29 is 14.3 Å². The molecule has 1 saturated carbocycles. The van der Waals surface area contributed by atoms with Gasteiger partial charge in [-0.3, -0.25) is 14.4 Å². The van der Waals surface area contributed by atoms with Gasteiger partial charge in [0.1, 0.15) is 11.6 Å². The average molecular weight is 672 g/mol. The summed E-state index contributed by atoms with van der Waals surface area (Å²) in [6, 6.07) is 8.58. The number of aliphatic carboxylic acids is 1. The van der Waals surface area contributed by atoms with E-state index in [2.05, 4.69) is 41.1 Å². The minimum absolute atomic E-state index is 0.00914. The summed E-state index contributed by atoms with van der Waals surface area (Å²) in [7, 11) is 4.13. The summed E-state index contributed by atoms with van der Waals surface area (Å²) in [5, 5.41) is 18.3. The molecule has 0 amide bonds. The lowest BCUT2D eigenvalue weighted by Gasteiger charge is -2.39. The quantitative estimate of drug-likeness (QED) is 0.221. The van der Waals surface area contributed by atoms with E-state index in [0.29, 0.717) is 18.0 Å². The zero-order valence-electron chi connectivity index (χ0n) is 29.7. The van der Waals surface area contributed by atoms with Gasteiger partial charge in [0.05, 0.1) is 23.9 Å². The highest BCUT2D eigenvalue weighted by Gasteiger charge is 2.39. The number of benzene rings is 1. The molecule has 2 aliphatic carbocycles. The van der Waals surface area contributed by atoms with Crippen LogP contribution in [0.4, 0.5) is 16.2 Å². The molecule has 0 spiro atoms. The van der Waals surface area contributed by atoms with Crippen molar-refractivity contribution in [3.05, 3.63) is 64.4 Å². The fraction of sp³-hybridized carbons (Fsp3) is 0.641. The first-order valence-electron chi connectivity index (χ1n) is 18.8. The standard InChI is InChI=1S/C39H54FN7O2/c1-5-36(25-12-14-26(15-13-25)38(48)49)45(3)39-43-34-19-16-28(27-8-6-9-29(40)20-27)21-32(34)37(44-39)42-35(33-22-41-46(4)24(33)2)23-47-30-10-7-11-31(47)18-17-30/h6,8-9,20,22,25-26,28,30-31,35-36H,5,7,10-19,21,23H2,1-4H3,(H,48,49)(H,42,43,44)/t25?,26?,28-,30-,31?,35+,36-/m1/s1. The van der Waals surface area contributed by atoms with Crippen molar-refractivity contribution in [3.63, 3.8) is 0 Å². The molecule has 0 radical (unpaired) electrons. The van der Waals surface area contributed by atoms with Crippen LogP contribution >= 0.6 is 0 Å². The highest BCUT2D eigenvalue weighted by molar-refractivity contribution is 5.70. The predicted molar refractivity (Wildman–Crippen MR) is 190 cm³/mol. The lowest BCUT2D eigenvalue weighted by Crippen LogP contribution is -2.43. The van der Waals surface area contributed by atoms with Gasteiger partial charge in [-0.2, -0.15) is 10.1 Å². The Morgan fingerprint density at radius 1 is 1.08 bits per heavy atom. The van der Waals surface area contributed by atoms with Crippen LogP contribution in [0.15, 0.2) is 30.5 Å². The van der Waals surface area contributed by atoms with Crippen molar-refractivity contribution in [2.75, 3.05) is 23.8 Å². The highest BCUT2D eigenvalue weighted by atomic mass is 19.1. The molecular weight excluding hydrogens is 617 g/mol. The predicted octanol–water partition coefficient (Wildman–Crippen LogP) is 7.21. The van der Waals surface area contributed by atoms with E-state index in [9.17, 15) is 14.3 Å². The van der Waals surface area contributed by atoms with Crippen molar-refractivity contribution in [2.45, 2.75) is 127 Å². The van der Waals surface area contributed by atoms with Gasteiger partial charge in [-0.05, 0) is 114 Å². The van der Waals surface area contributed by atoms with Crippen molar-refractivity contribution in [3.8, 4) is 0 Å². The Kier molecular flexibility index (Phi) is 9.95. The summed E-state index contributed by atoms with van der Waals surface area (Å²) in [6.45, 7) is 5.28. The molecule has 3 aromatic rings. The highest BCUT2D eigenvalue weighted by Crippen LogP contribution is 2.41. The summed E-state index contributed by atoms with van der Waals surface area (Å²) in [4.78, 5) is 27.3. The summed E-state index contributed by atoms with van der Waals surface area (Å²) in [5.74, 6) is 1.12.